The highest BCUT2D eigenvalue weighted by atomic mass is 16.5. The second-order valence-corrected chi connectivity index (χ2v) is 7.09. The van der Waals surface area contributed by atoms with Gasteiger partial charge in [-0.25, -0.2) is 0 Å². The van der Waals surface area contributed by atoms with Crippen molar-refractivity contribution in [1.29, 1.82) is 0 Å². The molecular weight excluding hydrogens is 346 g/mol. The Kier molecular flexibility index (Phi) is 5.98. The quantitative estimate of drug-likeness (QED) is 0.779. The number of rotatable bonds is 5. The Morgan fingerprint density at radius 1 is 1.15 bits per heavy atom. The highest BCUT2D eigenvalue weighted by molar-refractivity contribution is 5.95. The van der Waals surface area contributed by atoms with Gasteiger partial charge in [0, 0.05) is 51.3 Å². The second-order valence-electron chi connectivity index (χ2n) is 7.09. The monoisotopic (exact) mass is 373 g/mol. The fourth-order valence-electron chi connectivity index (χ4n) is 3.75. The minimum atomic E-state index is -0.246. The molecule has 2 aliphatic heterocycles. The van der Waals surface area contributed by atoms with Crippen LogP contribution < -0.4 is 4.74 Å². The summed E-state index contributed by atoms with van der Waals surface area (Å²) in [5.74, 6) is 0.463. The summed E-state index contributed by atoms with van der Waals surface area (Å²) < 4.78 is 5.18. The first kappa shape index (κ1) is 19.2. The van der Waals surface area contributed by atoms with Crippen molar-refractivity contribution in [1.82, 2.24) is 14.7 Å². The molecule has 0 saturated carbocycles. The maximum Gasteiger partial charge on any atom is 0.254 e. The smallest absolute Gasteiger partial charge is 0.254 e. The zero-order chi connectivity index (χ0) is 19.4. The van der Waals surface area contributed by atoms with E-state index in [9.17, 15) is 14.4 Å². The number of amides is 3. The number of methoxy groups -OCH3 is 1. The Morgan fingerprint density at radius 3 is 2.52 bits per heavy atom. The molecule has 1 unspecified atom stereocenters. The second kappa shape index (κ2) is 8.41. The SMILES string of the molecule is CCCN1CC(C(=O)N2CCN(C(=O)c3cccc(OC)c3)CC2)CC1=O. The van der Waals surface area contributed by atoms with E-state index in [0.717, 1.165) is 6.42 Å². The van der Waals surface area contributed by atoms with E-state index in [1.54, 1.807) is 46.1 Å². The summed E-state index contributed by atoms with van der Waals surface area (Å²) in [6.07, 6.45) is 1.21. The molecule has 7 heteroatoms. The Morgan fingerprint density at radius 2 is 1.85 bits per heavy atom. The largest absolute Gasteiger partial charge is 0.497 e. The van der Waals surface area contributed by atoms with Gasteiger partial charge >= 0.3 is 0 Å². The topological polar surface area (TPSA) is 70.2 Å². The van der Waals surface area contributed by atoms with Gasteiger partial charge in [-0.05, 0) is 24.6 Å². The number of nitrogens with zero attached hydrogens (tertiary/aromatic N) is 3. The number of hydrogen-bond acceptors (Lipinski definition) is 4. The molecule has 2 aliphatic rings. The number of benzene rings is 1. The fourth-order valence-corrected chi connectivity index (χ4v) is 3.75. The van der Waals surface area contributed by atoms with E-state index in [1.807, 2.05) is 6.92 Å². The third-order valence-electron chi connectivity index (χ3n) is 5.25. The summed E-state index contributed by atoms with van der Waals surface area (Å²) >= 11 is 0. The number of piperazine rings is 1. The lowest BCUT2D eigenvalue weighted by Crippen LogP contribution is -2.52. The Labute approximate surface area is 159 Å². The molecule has 27 heavy (non-hydrogen) atoms. The van der Waals surface area contributed by atoms with Crippen LogP contribution in [0.4, 0.5) is 0 Å². The summed E-state index contributed by atoms with van der Waals surface area (Å²) in [6, 6.07) is 7.10. The van der Waals surface area contributed by atoms with Crippen LogP contribution in [0.15, 0.2) is 24.3 Å². The minimum Gasteiger partial charge on any atom is -0.497 e. The molecule has 1 aromatic carbocycles. The van der Waals surface area contributed by atoms with Crippen molar-refractivity contribution < 1.29 is 19.1 Å². The van der Waals surface area contributed by atoms with Gasteiger partial charge in [-0.1, -0.05) is 13.0 Å². The van der Waals surface area contributed by atoms with Gasteiger partial charge in [-0.15, -0.1) is 0 Å². The molecule has 2 fully saturated rings. The van der Waals surface area contributed by atoms with Crippen molar-refractivity contribution >= 4 is 17.7 Å². The maximum absolute atomic E-state index is 12.8. The zero-order valence-electron chi connectivity index (χ0n) is 16.0. The van der Waals surface area contributed by atoms with Crippen LogP contribution in [-0.2, 0) is 9.59 Å². The fraction of sp³-hybridized carbons (Fsp3) is 0.550. The van der Waals surface area contributed by atoms with Gasteiger partial charge in [0.15, 0.2) is 0 Å². The zero-order valence-corrected chi connectivity index (χ0v) is 16.0. The van der Waals surface area contributed by atoms with Gasteiger partial charge in [-0.3, -0.25) is 14.4 Å². The molecule has 0 aromatic heterocycles. The number of carbonyl (C=O) groups excluding carboxylic acids is 3. The van der Waals surface area contributed by atoms with Crippen molar-refractivity contribution in [2.75, 3.05) is 46.4 Å². The maximum atomic E-state index is 12.8. The molecule has 2 saturated heterocycles. The van der Waals surface area contributed by atoms with E-state index >= 15 is 0 Å². The van der Waals surface area contributed by atoms with Crippen molar-refractivity contribution in [3.63, 3.8) is 0 Å². The van der Waals surface area contributed by atoms with Crippen LogP contribution in [0.3, 0.4) is 0 Å². The van der Waals surface area contributed by atoms with Crippen molar-refractivity contribution in [3.8, 4) is 5.75 Å². The standard InChI is InChI=1S/C20H27N3O4/c1-3-7-23-14-16(13-18(23)24)20(26)22-10-8-21(9-11-22)19(25)15-5-4-6-17(12-15)27-2/h4-6,12,16H,3,7-11,13-14H2,1-2H3. The summed E-state index contributed by atoms with van der Waals surface area (Å²) in [7, 11) is 1.57. The number of hydrogen-bond donors (Lipinski definition) is 0. The molecule has 3 rings (SSSR count). The van der Waals surface area contributed by atoms with Gasteiger partial charge < -0.3 is 19.4 Å². The van der Waals surface area contributed by atoms with Crippen molar-refractivity contribution in [2.45, 2.75) is 19.8 Å². The van der Waals surface area contributed by atoms with E-state index in [4.69, 9.17) is 4.74 Å². The molecule has 0 N–H and O–H groups in total. The molecule has 0 bridgehead atoms. The number of carbonyl (C=O) groups is 3. The van der Waals surface area contributed by atoms with Crippen molar-refractivity contribution in [3.05, 3.63) is 29.8 Å². The summed E-state index contributed by atoms with van der Waals surface area (Å²) in [4.78, 5) is 42.8. The summed E-state index contributed by atoms with van der Waals surface area (Å²) in [6.45, 7) is 5.28. The van der Waals surface area contributed by atoms with Gasteiger partial charge in [0.25, 0.3) is 5.91 Å². The van der Waals surface area contributed by atoms with Gasteiger partial charge in [0.05, 0.1) is 13.0 Å². The summed E-state index contributed by atoms with van der Waals surface area (Å²) in [5.41, 5.74) is 0.589. The third kappa shape index (κ3) is 4.23. The van der Waals surface area contributed by atoms with E-state index in [-0.39, 0.29) is 23.6 Å². The molecule has 7 nitrogen and oxygen atoms in total. The molecule has 0 radical (unpaired) electrons. The van der Waals surface area contributed by atoms with Gasteiger partial charge in [0.1, 0.15) is 5.75 Å². The molecule has 0 aliphatic carbocycles. The average Bonchev–Trinajstić information content (AvgIpc) is 3.08. The van der Waals surface area contributed by atoms with Crippen LogP contribution in [0, 0.1) is 5.92 Å². The highest BCUT2D eigenvalue weighted by Crippen LogP contribution is 2.22. The van der Waals surface area contributed by atoms with Crippen LogP contribution in [0.2, 0.25) is 0 Å². The van der Waals surface area contributed by atoms with Gasteiger partial charge in [-0.2, -0.15) is 0 Å². The van der Waals surface area contributed by atoms with Gasteiger partial charge in [0.2, 0.25) is 11.8 Å². The molecule has 0 spiro atoms. The van der Waals surface area contributed by atoms with E-state index in [1.165, 1.54) is 0 Å². The number of ether oxygens (including phenoxy) is 1. The average molecular weight is 373 g/mol. The predicted octanol–water partition coefficient (Wildman–Crippen LogP) is 1.24. The molecule has 1 atom stereocenters. The molecule has 146 valence electrons. The van der Waals surface area contributed by atoms with E-state index < -0.39 is 0 Å². The molecule has 3 amide bonds. The lowest BCUT2D eigenvalue weighted by atomic mass is 10.1. The Balaban J connectivity index is 1.55. The van der Waals surface area contributed by atoms with Crippen LogP contribution >= 0.6 is 0 Å². The molecule has 2 heterocycles. The van der Waals surface area contributed by atoms with Crippen LogP contribution in [0.1, 0.15) is 30.1 Å². The Bertz CT molecular complexity index is 713. The van der Waals surface area contributed by atoms with E-state index in [0.29, 0.717) is 57.0 Å². The lowest BCUT2D eigenvalue weighted by Gasteiger charge is -2.36. The van der Waals surface area contributed by atoms with Crippen LogP contribution in [0.5, 0.6) is 5.75 Å². The molecule has 1 aromatic rings. The summed E-state index contributed by atoms with van der Waals surface area (Å²) in [5, 5.41) is 0. The van der Waals surface area contributed by atoms with Crippen LogP contribution in [0.25, 0.3) is 0 Å². The van der Waals surface area contributed by atoms with Crippen LogP contribution in [-0.4, -0.2) is 78.8 Å². The molecular formula is C20H27N3O4. The Hall–Kier alpha value is -2.57. The first-order valence-corrected chi connectivity index (χ1v) is 9.53. The van der Waals surface area contributed by atoms with E-state index in [2.05, 4.69) is 0 Å². The third-order valence-corrected chi connectivity index (χ3v) is 5.25. The highest BCUT2D eigenvalue weighted by Gasteiger charge is 2.37. The minimum absolute atomic E-state index is 0.0374. The normalized spacial score (nSPS) is 20.1. The number of likely N-dealkylation sites (tertiary alicyclic amines) is 1. The van der Waals surface area contributed by atoms with Crippen molar-refractivity contribution in [2.24, 2.45) is 5.92 Å². The lowest BCUT2D eigenvalue weighted by molar-refractivity contribution is -0.137. The first-order valence-electron chi connectivity index (χ1n) is 9.53. The predicted molar refractivity (Wildman–Crippen MR) is 100 cm³/mol. The first-order chi connectivity index (χ1) is 13.0.